The van der Waals surface area contributed by atoms with Crippen LogP contribution in [0.3, 0.4) is 0 Å². The lowest BCUT2D eigenvalue weighted by Gasteiger charge is -2.35. The Labute approximate surface area is 103 Å². The molecular formula is C13H23NO3. The van der Waals surface area contributed by atoms with Gasteiger partial charge in [0.25, 0.3) is 5.91 Å². The molecule has 0 spiro atoms. The van der Waals surface area contributed by atoms with Crippen molar-refractivity contribution < 1.29 is 14.6 Å². The normalized spacial score (nSPS) is 32.8. The Kier molecular flexibility index (Phi) is 4.05. The number of rotatable bonds is 2. The summed E-state index contributed by atoms with van der Waals surface area (Å²) in [6.07, 6.45) is 2.32. The molecule has 0 aromatic rings. The van der Waals surface area contributed by atoms with Crippen molar-refractivity contribution in [3.05, 3.63) is 0 Å². The highest BCUT2D eigenvalue weighted by molar-refractivity contribution is 5.81. The van der Waals surface area contributed by atoms with Crippen molar-refractivity contribution in [3.8, 4) is 0 Å². The fraction of sp³-hybridized carbons (Fsp3) is 0.923. The molecule has 2 aliphatic heterocycles. The minimum absolute atomic E-state index is 0.152. The maximum Gasteiger partial charge on any atom is 0.251 e. The van der Waals surface area contributed by atoms with Gasteiger partial charge in [-0.1, -0.05) is 6.92 Å². The zero-order valence-corrected chi connectivity index (χ0v) is 10.8. The summed E-state index contributed by atoms with van der Waals surface area (Å²) in [4.78, 5) is 14.1. The highest BCUT2D eigenvalue weighted by Crippen LogP contribution is 2.25. The molecule has 0 radical (unpaired) electrons. The van der Waals surface area contributed by atoms with Crippen LogP contribution < -0.4 is 0 Å². The van der Waals surface area contributed by atoms with Gasteiger partial charge in [0.05, 0.1) is 6.10 Å². The number of hydrogen-bond acceptors (Lipinski definition) is 3. The van der Waals surface area contributed by atoms with Crippen molar-refractivity contribution in [3.63, 3.8) is 0 Å². The average Bonchev–Trinajstić information content (AvgIpc) is 2.74. The summed E-state index contributed by atoms with van der Waals surface area (Å²) in [5, 5.41) is 9.53. The van der Waals surface area contributed by atoms with Gasteiger partial charge < -0.3 is 14.7 Å². The van der Waals surface area contributed by atoms with E-state index in [4.69, 9.17) is 4.74 Å². The summed E-state index contributed by atoms with van der Waals surface area (Å²) < 4.78 is 5.51. The van der Waals surface area contributed by atoms with E-state index in [-0.39, 0.29) is 18.1 Å². The van der Waals surface area contributed by atoms with E-state index in [2.05, 4.69) is 6.92 Å². The first kappa shape index (κ1) is 12.8. The number of nitrogens with zero attached hydrogens (tertiary/aromatic N) is 1. The van der Waals surface area contributed by atoms with Gasteiger partial charge in [-0.3, -0.25) is 4.79 Å². The minimum Gasteiger partial charge on any atom is -0.393 e. The number of carbonyl (C=O) groups is 1. The minimum atomic E-state index is -0.256. The first-order valence-corrected chi connectivity index (χ1v) is 6.68. The number of aliphatic hydroxyl groups excluding tert-OH is 1. The molecule has 4 heteroatoms. The molecule has 4 nitrogen and oxygen atoms in total. The second kappa shape index (κ2) is 5.36. The number of piperidine rings is 1. The lowest BCUT2D eigenvalue weighted by Crippen LogP contribution is -2.46. The summed E-state index contributed by atoms with van der Waals surface area (Å²) >= 11 is 0. The molecule has 98 valence electrons. The molecule has 2 heterocycles. The molecule has 2 fully saturated rings. The fourth-order valence-electron chi connectivity index (χ4n) is 2.79. The summed E-state index contributed by atoms with van der Waals surface area (Å²) in [5.41, 5.74) is 0. The van der Waals surface area contributed by atoms with Crippen LogP contribution in [-0.2, 0) is 9.53 Å². The zero-order chi connectivity index (χ0) is 12.4. The Morgan fingerprint density at radius 2 is 2.00 bits per heavy atom. The standard InChI is InChI=1S/C13H23NO3/c1-9-5-8-17-12(9)13(16)14-6-3-11(4-7-14)10(2)15/h9-12,15H,3-8H2,1-2H3. The summed E-state index contributed by atoms with van der Waals surface area (Å²) in [6.45, 7) is 6.16. The lowest BCUT2D eigenvalue weighted by molar-refractivity contribution is -0.144. The van der Waals surface area contributed by atoms with Crippen LogP contribution in [0.25, 0.3) is 0 Å². The van der Waals surface area contributed by atoms with E-state index >= 15 is 0 Å². The van der Waals surface area contributed by atoms with Crippen LogP contribution >= 0.6 is 0 Å². The van der Waals surface area contributed by atoms with Crippen molar-refractivity contribution >= 4 is 5.91 Å². The number of likely N-dealkylation sites (tertiary alicyclic amines) is 1. The van der Waals surface area contributed by atoms with E-state index < -0.39 is 0 Å². The Bertz CT molecular complexity index is 272. The van der Waals surface area contributed by atoms with E-state index in [1.165, 1.54) is 0 Å². The predicted molar refractivity (Wildman–Crippen MR) is 64.5 cm³/mol. The van der Waals surface area contributed by atoms with Crippen molar-refractivity contribution in [2.45, 2.75) is 45.3 Å². The highest BCUT2D eigenvalue weighted by Gasteiger charge is 2.35. The monoisotopic (exact) mass is 241 g/mol. The van der Waals surface area contributed by atoms with Gasteiger partial charge in [0, 0.05) is 19.7 Å². The van der Waals surface area contributed by atoms with Crippen LogP contribution in [0.5, 0.6) is 0 Å². The molecule has 3 atom stereocenters. The van der Waals surface area contributed by atoms with Crippen molar-refractivity contribution in [1.82, 2.24) is 4.90 Å². The molecule has 0 aliphatic carbocycles. The Hall–Kier alpha value is -0.610. The summed E-state index contributed by atoms with van der Waals surface area (Å²) in [7, 11) is 0. The summed E-state index contributed by atoms with van der Waals surface area (Å²) in [6, 6.07) is 0. The number of hydrogen-bond donors (Lipinski definition) is 1. The fourth-order valence-corrected chi connectivity index (χ4v) is 2.79. The molecule has 2 saturated heterocycles. The average molecular weight is 241 g/mol. The van der Waals surface area contributed by atoms with Crippen LogP contribution in [-0.4, -0.2) is 47.8 Å². The van der Waals surface area contributed by atoms with Crippen LogP contribution in [0.15, 0.2) is 0 Å². The van der Waals surface area contributed by atoms with Gasteiger partial charge in [-0.2, -0.15) is 0 Å². The van der Waals surface area contributed by atoms with Gasteiger partial charge in [0.15, 0.2) is 0 Å². The Balaban J connectivity index is 1.86. The van der Waals surface area contributed by atoms with E-state index in [0.29, 0.717) is 18.4 Å². The topological polar surface area (TPSA) is 49.8 Å². The molecule has 0 saturated carbocycles. The predicted octanol–water partition coefficient (Wildman–Crippen LogP) is 1.03. The van der Waals surface area contributed by atoms with E-state index in [0.717, 1.165) is 32.4 Å². The first-order valence-electron chi connectivity index (χ1n) is 6.68. The van der Waals surface area contributed by atoms with Crippen LogP contribution in [0.4, 0.5) is 0 Å². The smallest absolute Gasteiger partial charge is 0.251 e. The number of amides is 1. The molecular weight excluding hydrogens is 218 g/mol. The Morgan fingerprint density at radius 1 is 1.35 bits per heavy atom. The van der Waals surface area contributed by atoms with Crippen molar-refractivity contribution in [2.24, 2.45) is 11.8 Å². The third-order valence-electron chi connectivity index (χ3n) is 4.16. The molecule has 0 aromatic carbocycles. The maximum atomic E-state index is 12.2. The highest BCUT2D eigenvalue weighted by atomic mass is 16.5. The van der Waals surface area contributed by atoms with Crippen molar-refractivity contribution in [2.75, 3.05) is 19.7 Å². The second-order valence-corrected chi connectivity index (χ2v) is 5.46. The lowest BCUT2D eigenvalue weighted by atomic mass is 9.91. The largest absolute Gasteiger partial charge is 0.393 e. The summed E-state index contributed by atoms with van der Waals surface area (Å²) in [5.74, 6) is 0.844. The molecule has 2 rings (SSSR count). The third kappa shape index (κ3) is 2.80. The van der Waals surface area contributed by atoms with Crippen LogP contribution in [0, 0.1) is 11.8 Å². The molecule has 2 aliphatic rings. The van der Waals surface area contributed by atoms with Gasteiger partial charge >= 0.3 is 0 Å². The van der Waals surface area contributed by atoms with Crippen LogP contribution in [0.2, 0.25) is 0 Å². The molecule has 3 unspecified atom stereocenters. The van der Waals surface area contributed by atoms with Crippen LogP contribution in [0.1, 0.15) is 33.1 Å². The van der Waals surface area contributed by atoms with Gasteiger partial charge in [0.2, 0.25) is 0 Å². The molecule has 1 N–H and O–H groups in total. The third-order valence-corrected chi connectivity index (χ3v) is 4.16. The second-order valence-electron chi connectivity index (χ2n) is 5.46. The molecule has 1 amide bonds. The van der Waals surface area contributed by atoms with Gasteiger partial charge in [-0.05, 0) is 38.0 Å². The number of ether oxygens (including phenoxy) is 1. The molecule has 0 aromatic heterocycles. The maximum absolute atomic E-state index is 12.2. The van der Waals surface area contributed by atoms with E-state index in [1.807, 2.05) is 11.8 Å². The molecule has 0 bridgehead atoms. The zero-order valence-electron chi connectivity index (χ0n) is 10.8. The first-order chi connectivity index (χ1) is 8.09. The molecule has 17 heavy (non-hydrogen) atoms. The quantitative estimate of drug-likeness (QED) is 0.785. The van der Waals surface area contributed by atoms with Gasteiger partial charge in [-0.25, -0.2) is 0 Å². The Morgan fingerprint density at radius 3 is 2.47 bits per heavy atom. The van der Waals surface area contributed by atoms with E-state index in [9.17, 15) is 9.90 Å². The van der Waals surface area contributed by atoms with E-state index in [1.54, 1.807) is 0 Å². The number of aliphatic hydroxyl groups is 1. The SMILES string of the molecule is CC(O)C1CCN(C(=O)C2OCCC2C)CC1. The number of carbonyl (C=O) groups excluding carboxylic acids is 1. The van der Waals surface area contributed by atoms with Gasteiger partial charge in [0.1, 0.15) is 6.10 Å². The van der Waals surface area contributed by atoms with Gasteiger partial charge in [-0.15, -0.1) is 0 Å². The van der Waals surface area contributed by atoms with Crippen molar-refractivity contribution in [1.29, 1.82) is 0 Å².